The summed E-state index contributed by atoms with van der Waals surface area (Å²) in [6.45, 7) is 2.04. The van der Waals surface area contributed by atoms with Gasteiger partial charge in [0.1, 0.15) is 5.78 Å². The number of ether oxygens (including phenoxy) is 1. The van der Waals surface area contributed by atoms with Gasteiger partial charge in [0.15, 0.2) is 0 Å². The standard InChI is InChI=1S/C13H18O3/c1-13-6-4-3-5-10(13)7-9(8-11(13)14)12(15)16-2/h3,5,9-10H,4,6-8H2,1-2H3/t9-,10+,13-/m1/s1. The molecule has 2 aliphatic carbocycles. The van der Waals surface area contributed by atoms with E-state index in [1.54, 1.807) is 0 Å². The highest BCUT2D eigenvalue weighted by atomic mass is 16.5. The van der Waals surface area contributed by atoms with E-state index in [2.05, 4.69) is 12.2 Å². The molecule has 3 atom stereocenters. The van der Waals surface area contributed by atoms with Crippen molar-refractivity contribution in [2.45, 2.75) is 32.6 Å². The maximum atomic E-state index is 12.1. The molecule has 3 nitrogen and oxygen atoms in total. The molecule has 0 unspecified atom stereocenters. The number of methoxy groups -OCH3 is 1. The number of carbonyl (C=O) groups is 2. The van der Waals surface area contributed by atoms with Crippen LogP contribution in [0.4, 0.5) is 0 Å². The number of ketones is 1. The van der Waals surface area contributed by atoms with Gasteiger partial charge in [-0.05, 0) is 25.2 Å². The first kappa shape index (κ1) is 11.4. The molecule has 16 heavy (non-hydrogen) atoms. The van der Waals surface area contributed by atoms with Gasteiger partial charge >= 0.3 is 5.97 Å². The van der Waals surface area contributed by atoms with E-state index in [0.717, 1.165) is 19.3 Å². The Hall–Kier alpha value is -1.12. The Kier molecular flexibility index (Phi) is 2.87. The number of carbonyl (C=O) groups excluding carboxylic acids is 2. The Morgan fingerprint density at radius 2 is 2.31 bits per heavy atom. The number of fused-ring (bicyclic) bond motifs is 1. The zero-order valence-corrected chi connectivity index (χ0v) is 9.86. The monoisotopic (exact) mass is 222 g/mol. The number of hydrogen-bond acceptors (Lipinski definition) is 3. The molecule has 1 saturated carbocycles. The highest BCUT2D eigenvalue weighted by Gasteiger charge is 2.47. The third-order valence-corrected chi connectivity index (χ3v) is 4.16. The minimum Gasteiger partial charge on any atom is -0.469 e. The molecule has 0 amide bonds. The third-order valence-electron chi connectivity index (χ3n) is 4.16. The molecule has 0 aliphatic heterocycles. The van der Waals surface area contributed by atoms with Crippen LogP contribution in [0.5, 0.6) is 0 Å². The Bertz CT molecular complexity index is 345. The normalized spacial score (nSPS) is 38.0. The van der Waals surface area contributed by atoms with E-state index in [0.29, 0.717) is 6.42 Å². The smallest absolute Gasteiger partial charge is 0.309 e. The van der Waals surface area contributed by atoms with Crippen molar-refractivity contribution in [2.75, 3.05) is 7.11 Å². The summed E-state index contributed by atoms with van der Waals surface area (Å²) in [5, 5.41) is 0. The lowest BCUT2D eigenvalue weighted by atomic mass is 9.60. The van der Waals surface area contributed by atoms with Crippen LogP contribution in [0.15, 0.2) is 12.2 Å². The van der Waals surface area contributed by atoms with Crippen molar-refractivity contribution in [3.8, 4) is 0 Å². The molecule has 0 aromatic rings. The van der Waals surface area contributed by atoms with Crippen molar-refractivity contribution in [3.63, 3.8) is 0 Å². The average Bonchev–Trinajstić information content (AvgIpc) is 2.29. The molecule has 0 radical (unpaired) electrons. The topological polar surface area (TPSA) is 43.4 Å². The van der Waals surface area contributed by atoms with Crippen LogP contribution in [-0.2, 0) is 14.3 Å². The predicted octanol–water partition coefficient (Wildman–Crippen LogP) is 2.11. The molecule has 0 saturated heterocycles. The van der Waals surface area contributed by atoms with Crippen LogP contribution >= 0.6 is 0 Å². The van der Waals surface area contributed by atoms with Crippen molar-refractivity contribution in [3.05, 3.63) is 12.2 Å². The third kappa shape index (κ3) is 1.68. The van der Waals surface area contributed by atoms with Gasteiger partial charge < -0.3 is 4.74 Å². The quantitative estimate of drug-likeness (QED) is 0.504. The second-order valence-electron chi connectivity index (χ2n) is 5.07. The minimum absolute atomic E-state index is 0.214. The summed E-state index contributed by atoms with van der Waals surface area (Å²) in [5.74, 6) is -0.0391. The van der Waals surface area contributed by atoms with Crippen molar-refractivity contribution in [2.24, 2.45) is 17.3 Å². The summed E-state index contributed by atoms with van der Waals surface area (Å²) >= 11 is 0. The first-order valence-corrected chi connectivity index (χ1v) is 5.85. The second-order valence-corrected chi connectivity index (χ2v) is 5.07. The van der Waals surface area contributed by atoms with Gasteiger partial charge in [-0.25, -0.2) is 0 Å². The van der Waals surface area contributed by atoms with Crippen LogP contribution in [-0.4, -0.2) is 18.9 Å². The first-order chi connectivity index (χ1) is 7.58. The molecule has 0 aromatic heterocycles. The minimum atomic E-state index is -0.241. The molecule has 0 aromatic carbocycles. The van der Waals surface area contributed by atoms with Crippen LogP contribution < -0.4 is 0 Å². The molecular formula is C13H18O3. The summed E-state index contributed by atoms with van der Waals surface area (Å²) in [6, 6.07) is 0. The van der Waals surface area contributed by atoms with Gasteiger partial charge in [-0.15, -0.1) is 0 Å². The van der Waals surface area contributed by atoms with Crippen molar-refractivity contribution in [1.29, 1.82) is 0 Å². The molecule has 1 fully saturated rings. The van der Waals surface area contributed by atoms with Gasteiger partial charge in [-0.1, -0.05) is 19.1 Å². The molecule has 0 spiro atoms. The first-order valence-electron chi connectivity index (χ1n) is 5.85. The Labute approximate surface area is 95.9 Å². The summed E-state index contributed by atoms with van der Waals surface area (Å²) < 4.78 is 4.74. The second kappa shape index (κ2) is 4.04. The van der Waals surface area contributed by atoms with Crippen LogP contribution in [0.2, 0.25) is 0 Å². The van der Waals surface area contributed by atoms with E-state index < -0.39 is 0 Å². The highest BCUT2D eigenvalue weighted by Crippen LogP contribution is 2.47. The van der Waals surface area contributed by atoms with E-state index >= 15 is 0 Å². The van der Waals surface area contributed by atoms with Crippen LogP contribution in [0.1, 0.15) is 32.6 Å². The fourth-order valence-corrected chi connectivity index (χ4v) is 2.92. The summed E-state index contributed by atoms with van der Waals surface area (Å²) in [4.78, 5) is 23.6. The van der Waals surface area contributed by atoms with E-state index in [1.165, 1.54) is 7.11 Å². The van der Waals surface area contributed by atoms with Crippen LogP contribution in [0.3, 0.4) is 0 Å². The van der Waals surface area contributed by atoms with E-state index in [9.17, 15) is 9.59 Å². The lowest BCUT2D eigenvalue weighted by Crippen LogP contribution is -2.44. The fraction of sp³-hybridized carbons (Fsp3) is 0.692. The number of Topliss-reactive ketones (excluding diaryl/α,β-unsaturated/α-hetero) is 1. The lowest BCUT2D eigenvalue weighted by Gasteiger charge is -2.42. The lowest BCUT2D eigenvalue weighted by molar-refractivity contribution is -0.153. The molecule has 2 rings (SSSR count). The zero-order valence-electron chi connectivity index (χ0n) is 9.86. The largest absolute Gasteiger partial charge is 0.469 e. The Balaban J connectivity index is 2.21. The Morgan fingerprint density at radius 3 is 3.00 bits per heavy atom. The van der Waals surface area contributed by atoms with Crippen molar-refractivity contribution < 1.29 is 14.3 Å². The molecule has 0 N–H and O–H groups in total. The summed E-state index contributed by atoms with van der Waals surface area (Å²) in [6.07, 6.45) is 7.23. The van der Waals surface area contributed by atoms with Gasteiger partial charge in [-0.2, -0.15) is 0 Å². The molecule has 2 aliphatic rings. The summed E-state index contributed by atoms with van der Waals surface area (Å²) in [7, 11) is 1.39. The average molecular weight is 222 g/mol. The van der Waals surface area contributed by atoms with E-state index in [1.807, 2.05) is 6.92 Å². The fourth-order valence-electron chi connectivity index (χ4n) is 2.92. The number of rotatable bonds is 1. The van der Waals surface area contributed by atoms with Crippen molar-refractivity contribution >= 4 is 11.8 Å². The zero-order chi connectivity index (χ0) is 11.8. The van der Waals surface area contributed by atoms with Gasteiger partial charge in [0, 0.05) is 11.8 Å². The summed E-state index contributed by atoms with van der Waals surface area (Å²) in [5.41, 5.74) is -0.237. The van der Waals surface area contributed by atoms with Crippen LogP contribution in [0, 0.1) is 17.3 Å². The molecule has 3 heteroatoms. The predicted molar refractivity (Wildman–Crippen MR) is 59.7 cm³/mol. The number of esters is 1. The SMILES string of the molecule is COC(=O)[C@H]1CC(=O)[C@]2(C)CCC=C[C@H]2C1. The van der Waals surface area contributed by atoms with Gasteiger partial charge in [0.2, 0.25) is 0 Å². The van der Waals surface area contributed by atoms with Gasteiger partial charge in [-0.3, -0.25) is 9.59 Å². The van der Waals surface area contributed by atoms with E-state index in [-0.39, 0.29) is 29.0 Å². The number of hydrogen-bond donors (Lipinski definition) is 0. The van der Waals surface area contributed by atoms with Crippen LogP contribution in [0.25, 0.3) is 0 Å². The maximum absolute atomic E-state index is 12.1. The van der Waals surface area contributed by atoms with Crippen molar-refractivity contribution in [1.82, 2.24) is 0 Å². The van der Waals surface area contributed by atoms with Gasteiger partial charge in [0.25, 0.3) is 0 Å². The maximum Gasteiger partial charge on any atom is 0.309 e. The number of allylic oxidation sites excluding steroid dienone is 2. The molecule has 0 heterocycles. The van der Waals surface area contributed by atoms with E-state index in [4.69, 9.17) is 4.74 Å². The van der Waals surface area contributed by atoms with Gasteiger partial charge in [0.05, 0.1) is 13.0 Å². The molecule has 88 valence electrons. The molecule has 0 bridgehead atoms. The Morgan fingerprint density at radius 1 is 1.56 bits per heavy atom. The highest BCUT2D eigenvalue weighted by molar-refractivity contribution is 5.90. The molecular weight excluding hydrogens is 204 g/mol.